The Bertz CT molecular complexity index is 1030. The number of ether oxygens (including phenoxy) is 1. The SMILES string of the molecule is Cc1cccc(C(=O)Oc2ccc3oc4ccccc4c3c2)c1. The zero-order chi connectivity index (χ0) is 15.8. The summed E-state index contributed by atoms with van der Waals surface area (Å²) in [6, 6.07) is 20.6. The van der Waals surface area contributed by atoms with Crippen LogP contribution in [0.25, 0.3) is 21.9 Å². The van der Waals surface area contributed by atoms with Crippen molar-refractivity contribution in [3.63, 3.8) is 0 Å². The second-order valence-electron chi connectivity index (χ2n) is 5.52. The zero-order valence-electron chi connectivity index (χ0n) is 12.6. The Hall–Kier alpha value is -3.07. The fourth-order valence-corrected chi connectivity index (χ4v) is 2.71. The van der Waals surface area contributed by atoms with E-state index in [0.717, 1.165) is 27.5 Å². The van der Waals surface area contributed by atoms with Gasteiger partial charge in [-0.2, -0.15) is 0 Å². The van der Waals surface area contributed by atoms with Crippen molar-refractivity contribution >= 4 is 27.9 Å². The van der Waals surface area contributed by atoms with E-state index in [0.29, 0.717) is 11.3 Å². The summed E-state index contributed by atoms with van der Waals surface area (Å²) in [5, 5.41) is 1.95. The molecule has 0 fully saturated rings. The van der Waals surface area contributed by atoms with Crippen LogP contribution in [0.4, 0.5) is 0 Å². The van der Waals surface area contributed by atoms with Gasteiger partial charge in [-0.25, -0.2) is 4.79 Å². The van der Waals surface area contributed by atoms with E-state index in [1.54, 1.807) is 12.1 Å². The van der Waals surface area contributed by atoms with Crippen molar-refractivity contribution in [1.29, 1.82) is 0 Å². The average Bonchev–Trinajstić information content (AvgIpc) is 2.93. The van der Waals surface area contributed by atoms with Crippen molar-refractivity contribution in [1.82, 2.24) is 0 Å². The van der Waals surface area contributed by atoms with E-state index in [-0.39, 0.29) is 5.97 Å². The normalized spacial score (nSPS) is 11.0. The van der Waals surface area contributed by atoms with E-state index in [1.165, 1.54) is 0 Å². The molecule has 23 heavy (non-hydrogen) atoms. The predicted octanol–water partition coefficient (Wildman–Crippen LogP) is 5.11. The molecule has 0 N–H and O–H groups in total. The smallest absolute Gasteiger partial charge is 0.343 e. The van der Waals surface area contributed by atoms with Gasteiger partial charge in [0.15, 0.2) is 0 Å². The van der Waals surface area contributed by atoms with Gasteiger partial charge in [0.05, 0.1) is 5.56 Å². The topological polar surface area (TPSA) is 39.4 Å². The van der Waals surface area contributed by atoms with E-state index in [2.05, 4.69) is 0 Å². The summed E-state index contributed by atoms with van der Waals surface area (Å²) in [6.45, 7) is 1.94. The standard InChI is InChI=1S/C20H14O3/c1-13-5-4-6-14(11-13)20(21)22-15-9-10-19-17(12-15)16-7-2-3-8-18(16)23-19/h2-12H,1H3. The first-order chi connectivity index (χ1) is 11.2. The van der Waals surface area contributed by atoms with Crippen LogP contribution in [0, 0.1) is 6.92 Å². The Morgan fingerprint density at radius 3 is 2.57 bits per heavy atom. The quantitative estimate of drug-likeness (QED) is 0.381. The van der Waals surface area contributed by atoms with Gasteiger partial charge < -0.3 is 9.15 Å². The van der Waals surface area contributed by atoms with Crippen LogP contribution >= 0.6 is 0 Å². The van der Waals surface area contributed by atoms with E-state index < -0.39 is 0 Å². The fraction of sp³-hybridized carbons (Fsp3) is 0.0500. The molecule has 0 atom stereocenters. The van der Waals surface area contributed by atoms with Gasteiger partial charge in [0.2, 0.25) is 0 Å². The minimum Gasteiger partial charge on any atom is -0.456 e. The summed E-state index contributed by atoms with van der Waals surface area (Å²) < 4.78 is 11.3. The summed E-state index contributed by atoms with van der Waals surface area (Å²) in [4.78, 5) is 12.3. The molecule has 0 amide bonds. The lowest BCUT2D eigenvalue weighted by molar-refractivity contribution is 0.0735. The van der Waals surface area contributed by atoms with Crippen LogP contribution in [0.3, 0.4) is 0 Å². The number of fused-ring (bicyclic) bond motifs is 3. The minimum atomic E-state index is -0.360. The summed E-state index contributed by atoms with van der Waals surface area (Å²) in [6.07, 6.45) is 0. The lowest BCUT2D eigenvalue weighted by Crippen LogP contribution is -2.08. The molecule has 0 aliphatic rings. The molecule has 0 bridgehead atoms. The minimum absolute atomic E-state index is 0.360. The lowest BCUT2D eigenvalue weighted by Gasteiger charge is -2.05. The number of furan rings is 1. The third-order valence-electron chi connectivity index (χ3n) is 3.81. The third kappa shape index (κ3) is 2.46. The first kappa shape index (κ1) is 13.6. The molecule has 0 radical (unpaired) electrons. The van der Waals surface area contributed by atoms with Crippen LogP contribution in [-0.4, -0.2) is 5.97 Å². The van der Waals surface area contributed by atoms with Gasteiger partial charge in [0.1, 0.15) is 16.9 Å². The highest BCUT2D eigenvalue weighted by Gasteiger charge is 2.11. The molecule has 0 spiro atoms. The number of hydrogen-bond acceptors (Lipinski definition) is 3. The molecular weight excluding hydrogens is 288 g/mol. The molecule has 3 aromatic carbocycles. The van der Waals surface area contributed by atoms with Gasteiger partial charge in [-0.05, 0) is 43.3 Å². The number of esters is 1. The van der Waals surface area contributed by atoms with Crippen LogP contribution in [-0.2, 0) is 0 Å². The Morgan fingerprint density at radius 2 is 1.70 bits per heavy atom. The van der Waals surface area contributed by atoms with E-state index >= 15 is 0 Å². The summed E-state index contributed by atoms with van der Waals surface area (Å²) in [5.74, 6) is 0.149. The summed E-state index contributed by atoms with van der Waals surface area (Å²) >= 11 is 0. The second-order valence-corrected chi connectivity index (χ2v) is 5.52. The van der Waals surface area contributed by atoms with Gasteiger partial charge in [-0.1, -0.05) is 35.9 Å². The maximum atomic E-state index is 12.3. The van der Waals surface area contributed by atoms with E-state index in [9.17, 15) is 4.79 Å². The van der Waals surface area contributed by atoms with Crippen LogP contribution in [0.15, 0.2) is 71.1 Å². The van der Waals surface area contributed by atoms with Crippen molar-refractivity contribution in [3.8, 4) is 5.75 Å². The van der Waals surface area contributed by atoms with Gasteiger partial charge in [-0.3, -0.25) is 0 Å². The van der Waals surface area contributed by atoms with Crippen LogP contribution in [0.1, 0.15) is 15.9 Å². The molecule has 3 heteroatoms. The van der Waals surface area contributed by atoms with Crippen molar-refractivity contribution < 1.29 is 13.9 Å². The molecule has 0 saturated heterocycles. The van der Waals surface area contributed by atoms with E-state index in [4.69, 9.17) is 9.15 Å². The van der Waals surface area contributed by atoms with Crippen LogP contribution < -0.4 is 4.74 Å². The Morgan fingerprint density at radius 1 is 0.870 bits per heavy atom. The molecule has 112 valence electrons. The van der Waals surface area contributed by atoms with Crippen molar-refractivity contribution in [2.45, 2.75) is 6.92 Å². The highest BCUT2D eigenvalue weighted by atomic mass is 16.5. The molecule has 1 aromatic heterocycles. The van der Waals surface area contributed by atoms with Crippen molar-refractivity contribution in [2.24, 2.45) is 0 Å². The highest BCUT2D eigenvalue weighted by Crippen LogP contribution is 2.31. The van der Waals surface area contributed by atoms with Gasteiger partial charge in [0.25, 0.3) is 0 Å². The Labute approximate surface area is 133 Å². The Kier molecular flexibility index (Phi) is 3.12. The first-order valence-electron chi connectivity index (χ1n) is 7.41. The number of carbonyl (C=O) groups excluding carboxylic acids is 1. The molecule has 0 saturated carbocycles. The number of hydrogen-bond donors (Lipinski definition) is 0. The number of aryl methyl sites for hydroxylation is 1. The molecule has 4 aromatic rings. The maximum Gasteiger partial charge on any atom is 0.343 e. The molecule has 3 nitrogen and oxygen atoms in total. The van der Waals surface area contributed by atoms with Crippen LogP contribution in [0.5, 0.6) is 5.75 Å². The number of carbonyl (C=O) groups is 1. The van der Waals surface area contributed by atoms with Crippen molar-refractivity contribution in [2.75, 3.05) is 0 Å². The molecular formula is C20H14O3. The molecule has 4 rings (SSSR count). The van der Waals surface area contributed by atoms with Crippen LogP contribution in [0.2, 0.25) is 0 Å². The fourth-order valence-electron chi connectivity index (χ4n) is 2.71. The van der Waals surface area contributed by atoms with Gasteiger partial charge >= 0.3 is 5.97 Å². The second kappa shape index (κ2) is 5.29. The molecule has 0 aliphatic carbocycles. The maximum absolute atomic E-state index is 12.3. The number of para-hydroxylation sites is 1. The summed E-state index contributed by atoms with van der Waals surface area (Å²) in [5.41, 5.74) is 3.17. The van der Waals surface area contributed by atoms with Crippen molar-refractivity contribution in [3.05, 3.63) is 77.9 Å². The number of rotatable bonds is 2. The van der Waals surface area contributed by atoms with Gasteiger partial charge in [-0.15, -0.1) is 0 Å². The third-order valence-corrected chi connectivity index (χ3v) is 3.81. The zero-order valence-corrected chi connectivity index (χ0v) is 12.6. The monoisotopic (exact) mass is 302 g/mol. The predicted molar refractivity (Wildman–Crippen MR) is 89.9 cm³/mol. The largest absolute Gasteiger partial charge is 0.456 e. The molecule has 0 unspecified atom stereocenters. The highest BCUT2D eigenvalue weighted by molar-refractivity contribution is 6.05. The first-order valence-corrected chi connectivity index (χ1v) is 7.41. The summed E-state index contributed by atoms with van der Waals surface area (Å²) in [7, 11) is 0. The van der Waals surface area contributed by atoms with E-state index in [1.807, 2.05) is 61.5 Å². The Balaban J connectivity index is 1.71. The lowest BCUT2D eigenvalue weighted by atomic mass is 10.1. The average molecular weight is 302 g/mol. The molecule has 0 aliphatic heterocycles. The molecule has 1 heterocycles. The van der Waals surface area contributed by atoms with Gasteiger partial charge in [0, 0.05) is 10.8 Å². The number of benzene rings is 3.